The van der Waals surface area contributed by atoms with Gasteiger partial charge in [0, 0.05) is 36.8 Å². The smallest absolute Gasteiger partial charge is 0.225 e. The van der Waals surface area contributed by atoms with Crippen LogP contribution in [0.15, 0.2) is 36.5 Å². The van der Waals surface area contributed by atoms with Crippen LogP contribution in [-0.4, -0.2) is 39.8 Å². The molecule has 128 valence electrons. The fourth-order valence-corrected chi connectivity index (χ4v) is 3.39. The summed E-state index contributed by atoms with van der Waals surface area (Å²) in [5, 5.41) is 10.2. The van der Waals surface area contributed by atoms with Crippen LogP contribution in [0.2, 0.25) is 0 Å². The first kappa shape index (κ1) is 16.0. The Labute approximate surface area is 147 Å². The average molecular weight is 334 g/mol. The van der Waals surface area contributed by atoms with Crippen molar-refractivity contribution in [2.75, 3.05) is 24.6 Å². The van der Waals surface area contributed by atoms with Crippen molar-refractivity contribution < 1.29 is 5.11 Å². The number of hydrogen-bond donors (Lipinski definition) is 1. The van der Waals surface area contributed by atoms with Crippen LogP contribution in [0.25, 0.3) is 22.2 Å². The highest BCUT2D eigenvalue weighted by molar-refractivity contribution is 5.82. The van der Waals surface area contributed by atoms with E-state index in [-0.39, 0.29) is 6.61 Å². The van der Waals surface area contributed by atoms with Crippen molar-refractivity contribution in [1.29, 1.82) is 0 Å². The molecule has 0 amide bonds. The molecule has 0 atom stereocenters. The van der Waals surface area contributed by atoms with Gasteiger partial charge in [-0.15, -0.1) is 0 Å². The molecule has 1 aliphatic rings. The number of rotatable bonds is 4. The summed E-state index contributed by atoms with van der Waals surface area (Å²) in [6, 6.07) is 10.2. The number of nitrogens with zero attached hydrogens (tertiary/aromatic N) is 4. The summed E-state index contributed by atoms with van der Waals surface area (Å²) in [5.41, 5.74) is 4.90. The largest absolute Gasteiger partial charge is 0.396 e. The number of fused-ring (bicyclic) bond motifs is 1. The lowest BCUT2D eigenvalue weighted by Gasteiger charge is -2.16. The maximum atomic E-state index is 9.08. The molecule has 0 radical (unpaired) electrons. The van der Waals surface area contributed by atoms with E-state index in [0.717, 1.165) is 52.5 Å². The Morgan fingerprint density at radius 3 is 2.68 bits per heavy atom. The second kappa shape index (κ2) is 6.76. The maximum absolute atomic E-state index is 9.08. The lowest BCUT2D eigenvalue weighted by atomic mass is 10.1. The molecule has 1 fully saturated rings. The van der Waals surface area contributed by atoms with Gasteiger partial charge in [-0.05, 0) is 49.9 Å². The third-order valence-electron chi connectivity index (χ3n) is 4.79. The van der Waals surface area contributed by atoms with Crippen LogP contribution in [0.1, 0.15) is 24.1 Å². The number of pyridine rings is 1. The molecule has 5 nitrogen and oxygen atoms in total. The van der Waals surface area contributed by atoms with Crippen LogP contribution in [-0.2, 0) is 6.42 Å². The molecule has 5 heteroatoms. The van der Waals surface area contributed by atoms with E-state index in [0.29, 0.717) is 6.42 Å². The molecule has 0 unspecified atom stereocenters. The van der Waals surface area contributed by atoms with Gasteiger partial charge in [-0.2, -0.15) is 0 Å². The zero-order chi connectivity index (χ0) is 17.2. The molecule has 1 aliphatic heterocycles. The topological polar surface area (TPSA) is 62.1 Å². The number of aryl methyl sites for hydroxylation is 1. The number of aromatic nitrogens is 3. The predicted octanol–water partition coefficient (Wildman–Crippen LogP) is 3.14. The van der Waals surface area contributed by atoms with Gasteiger partial charge in [-0.1, -0.05) is 12.1 Å². The highest BCUT2D eigenvalue weighted by atomic mass is 16.2. The minimum atomic E-state index is 0.164. The molecule has 1 aromatic carbocycles. The molecule has 1 N–H and O–H groups in total. The van der Waals surface area contributed by atoms with Crippen molar-refractivity contribution in [2.24, 2.45) is 0 Å². The monoisotopic (exact) mass is 334 g/mol. The van der Waals surface area contributed by atoms with Crippen LogP contribution < -0.4 is 4.90 Å². The number of anilines is 1. The van der Waals surface area contributed by atoms with E-state index in [1.165, 1.54) is 12.8 Å². The van der Waals surface area contributed by atoms with Gasteiger partial charge in [0.15, 0.2) is 0 Å². The molecule has 3 heterocycles. The third kappa shape index (κ3) is 3.20. The molecular formula is C20H22N4O. The van der Waals surface area contributed by atoms with E-state index in [2.05, 4.69) is 22.0 Å². The van der Waals surface area contributed by atoms with Crippen molar-refractivity contribution in [3.05, 3.63) is 47.8 Å². The van der Waals surface area contributed by atoms with Gasteiger partial charge in [0.25, 0.3) is 0 Å². The summed E-state index contributed by atoms with van der Waals surface area (Å²) < 4.78 is 0. The first-order chi connectivity index (χ1) is 12.2. The molecule has 0 aliphatic carbocycles. The van der Waals surface area contributed by atoms with Gasteiger partial charge < -0.3 is 10.0 Å². The van der Waals surface area contributed by atoms with Crippen molar-refractivity contribution in [1.82, 2.24) is 15.0 Å². The third-order valence-corrected chi connectivity index (χ3v) is 4.79. The van der Waals surface area contributed by atoms with Gasteiger partial charge in [0.1, 0.15) is 0 Å². The van der Waals surface area contributed by atoms with Gasteiger partial charge in [-0.25, -0.2) is 15.0 Å². The SMILES string of the molecule is Cc1nc(N2CCCC2)ncc1-c1ccc2cc(CCO)ccc2n1. The highest BCUT2D eigenvalue weighted by Crippen LogP contribution is 2.25. The molecule has 0 spiro atoms. The van der Waals surface area contributed by atoms with E-state index < -0.39 is 0 Å². The summed E-state index contributed by atoms with van der Waals surface area (Å²) in [6.45, 7) is 4.27. The molecule has 1 saturated heterocycles. The zero-order valence-corrected chi connectivity index (χ0v) is 14.4. The fraction of sp³-hybridized carbons (Fsp3) is 0.350. The number of aliphatic hydroxyl groups excluding tert-OH is 1. The molecular weight excluding hydrogens is 312 g/mol. The van der Waals surface area contributed by atoms with Gasteiger partial charge in [0.05, 0.1) is 16.9 Å². The van der Waals surface area contributed by atoms with Crippen LogP contribution in [0, 0.1) is 6.92 Å². The lowest BCUT2D eigenvalue weighted by Crippen LogP contribution is -2.20. The maximum Gasteiger partial charge on any atom is 0.225 e. The van der Waals surface area contributed by atoms with Crippen molar-refractivity contribution in [3.63, 3.8) is 0 Å². The Balaban J connectivity index is 1.67. The summed E-state index contributed by atoms with van der Waals surface area (Å²) in [7, 11) is 0. The Morgan fingerprint density at radius 1 is 1.08 bits per heavy atom. The average Bonchev–Trinajstić information content (AvgIpc) is 3.16. The Morgan fingerprint density at radius 2 is 1.92 bits per heavy atom. The minimum Gasteiger partial charge on any atom is -0.396 e. The van der Waals surface area contributed by atoms with Gasteiger partial charge >= 0.3 is 0 Å². The molecule has 4 rings (SSSR count). The van der Waals surface area contributed by atoms with Crippen LogP contribution >= 0.6 is 0 Å². The standard InChI is InChI=1S/C20H22N4O/c1-14-17(13-21-20(22-14)24-9-2-3-10-24)19-7-5-16-12-15(8-11-25)4-6-18(16)23-19/h4-7,12-13,25H,2-3,8-11H2,1H3. The highest BCUT2D eigenvalue weighted by Gasteiger charge is 2.16. The fourth-order valence-electron chi connectivity index (χ4n) is 3.39. The van der Waals surface area contributed by atoms with Crippen LogP contribution in [0.3, 0.4) is 0 Å². The number of aliphatic hydroxyl groups is 1. The summed E-state index contributed by atoms with van der Waals surface area (Å²) >= 11 is 0. The Bertz CT molecular complexity index is 903. The van der Waals surface area contributed by atoms with Gasteiger partial charge in [-0.3, -0.25) is 0 Å². The summed E-state index contributed by atoms with van der Waals surface area (Å²) in [4.78, 5) is 16.3. The second-order valence-electron chi connectivity index (χ2n) is 6.56. The van der Waals surface area contributed by atoms with E-state index >= 15 is 0 Å². The van der Waals surface area contributed by atoms with E-state index in [9.17, 15) is 0 Å². The van der Waals surface area contributed by atoms with Crippen molar-refractivity contribution in [2.45, 2.75) is 26.2 Å². The van der Waals surface area contributed by atoms with E-state index in [1.54, 1.807) is 0 Å². The van der Waals surface area contributed by atoms with Crippen molar-refractivity contribution >= 4 is 16.9 Å². The normalized spacial score (nSPS) is 14.4. The Hall–Kier alpha value is -2.53. The van der Waals surface area contributed by atoms with E-state index in [4.69, 9.17) is 15.1 Å². The number of benzene rings is 1. The molecule has 3 aromatic rings. The quantitative estimate of drug-likeness (QED) is 0.794. The van der Waals surface area contributed by atoms with E-state index in [1.807, 2.05) is 31.3 Å². The Kier molecular flexibility index (Phi) is 4.32. The number of hydrogen-bond acceptors (Lipinski definition) is 5. The molecule has 2 aromatic heterocycles. The predicted molar refractivity (Wildman–Crippen MR) is 99.7 cm³/mol. The van der Waals surface area contributed by atoms with Crippen LogP contribution in [0.5, 0.6) is 0 Å². The van der Waals surface area contributed by atoms with Gasteiger partial charge in [0.2, 0.25) is 5.95 Å². The first-order valence-corrected chi connectivity index (χ1v) is 8.84. The van der Waals surface area contributed by atoms with Crippen molar-refractivity contribution in [3.8, 4) is 11.3 Å². The molecule has 25 heavy (non-hydrogen) atoms. The minimum absolute atomic E-state index is 0.164. The summed E-state index contributed by atoms with van der Waals surface area (Å²) in [6.07, 6.45) is 5.00. The second-order valence-corrected chi connectivity index (χ2v) is 6.56. The summed E-state index contributed by atoms with van der Waals surface area (Å²) in [5.74, 6) is 0.827. The molecule has 0 saturated carbocycles. The first-order valence-electron chi connectivity index (χ1n) is 8.84. The molecule has 0 bridgehead atoms. The van der Waals surface area contributed by atoms with Crippen LogP contribution in [0.4, 0.5) is 5.95 Å². The lowest BCUT2D eigenvalue weighted by molar-refractivity contribution is 0.299. The zero-order valence-electron chi connectivity index (χ0n) is 14.4.